The van der Waals surface area contributed by atoms with Crippen LogP contribution in [0.2, 0.25) is 0 Å². The van der Waals surface area contributed by atoms with E-state index in [1.807, 2.05) is 0 Å². The summed E-state index contributed by atoms with van der Waals surface area (Å²) in [6.07, 6.45) is 1.26. The van der Waals surface area contributed by atoms with Crippen molar-refractivity contribution in [3.8, 4) is 11.5 Å². The first kappa shape index (κ1) is 20.3. The summed E-state index contributed by atoms with van der Waals surface area (Å²) < 4.78 is 57.7. The van der Waals surface area contributed by atoms with Crippen LogP contribution in [0, 0.1) is 5.92 Å². The van der Waals surface area contributed by atoms with Gasteiger partial charge in [0, 0.05) is 12.0 Å². The fourth-order valence-corrected chi connectivity index (χ4v) is 2.29. The van der Waals surface area contributed by atoms with Gasteiger partial charge in [-0.1, -0.05) is 0 Å². The van der Waals surface area contributed by atoms with E-state index in [4.69, 9.17) is 0 Å². The molecule has 0 spiro atoms. The van der Waals surface area contributed by atoms with Crippen LogP contribution in [0.25, 0.3) is 0 Å². The third-order valence-corrected chi connectivity index (χ3v) is 3.36. The van der Waals surface area contributed by atoms with E-state index in [2.05, 4.69) is 20.1 Å². The molecule has 0 atom stereocenters. The molecule has 2 N–H and O–H groups in total. The van der Waals surface area contributed by atoms with E-state index in [0.29, 0.717) is 25.9 Å². The highest BCUT2D eigenvalue weighted by atomic mass is 35.5. The Kier molecular flexibility index (Phi) is 8.06. The first-order valence-electron chi connectivity index (χ1n) is 7.01. The maximum Gasteiger partial charge on any atom is 0.387 e. The zero-order chi connectivity index (χ0) is 16.8. The average Bonchev–Trinajstić information content (AvgIpc) is 2.49. The average molecular weight is 373 g/mol. The van der Waals surface area contributed by atoms with Crippen LogP contribution >= 0.6 is 12.4 Å². The topological polar surface area (TPSA) is 59.6 Å². The summed E-state index contributed by atoms with van der Waals surface area (Å²) in [6.45, 7) is -4.87. The second-order valence-corrected chi connectivity index (χ2v) is 4.93. The van der Waals surface area contributed by atoms with Gasteiger partial charge in [-0.25, -0.2) is 0 Å². The lowest BCUT2D eigenvalue weighted by molar-refractivity contribution is -0.120. The molecule has 0 aliphatic carbocycles. The minimum atomic E-state index is -3.16. The molecule has 1 heterocycles. The Labute approximate surface area is 142 Å². The molecule has 0 bridgehead atoms. The third-order valence-electron chi connectivity index (χ3n) is 3.36. The maximum atomic E-state index is 12.5. The summed E-state index contributed by atoms with van der Waals surface area (Å²) in [6, 6.07) is 3.22. The van der Waals surface area contributed by atoms with E-state index in [0.717, 1.165) is 12.1 Å². The van der Waals surface area contributed by atoms with Crippen LogP contribution < -0.4 is 20.1 Å². The maximum absolute atomic E-state index is 12.5. The molecule has 24 heavy (non-hydrogen) atoms. The van der Waals surface area contributed by atoms with Crippen molar-refractivity contribution >= 4 is 24.0 Å². The van der Waals surface area contributed by atoms with Gasteiger partial charge in [-0.2, -0.15) is 17.6 Å². The molecule has 1 amide bonds. The largest absolute Gasteiger partial charge is 0.435 e. The van der Waals surface area contributed by atoms with Crippen molar-refractivity contribution in [2.45, 2.75) is 26.1 Å². The summed E-state index contributed by atoms with van der Waals surface area (Å²) >= 11 is 0. The molecule has 5 nitrogen and oxygen atoms in total. The highest BCUT2D eigenvalue weighted by Gasteiger charge is 2.22. The SMILES string of the molecule is Cl.O=C(Nc1ccc(OC(F)F)cc1OC(F)F)C1CCNCC1. The molecule has 1 aliphatic rings. The molecule has 1 aliphatic heterocycles. The van der Waals surface area contributed by atoms with Gasteiger partial charge in [0.2, 0.25) is 5.91 Å². The quantitative estimate of drug-likeness (QED) is 0.753. The molecule has 1 aromatic carbocycles. The van der Waals surface area contributed by atoms with E-state index in [1.165, 1.54) is 6.07 Å². The number of alkyl halides is 4. The summed E-state index contributed by atoms with van der Waals surface area (Å²) in [4.78, 5) is 12.1. The monoisotopic (exact) mass is 372 g/mol. The molecular weight excluding hydrogens is 356 g/mol. The molecular formula is C14H17ClF4N2O3. The van der Waals surface area contributed by atoms with Crippen LogP contribution in [0.15, 0.2) is 18.2 Å². The number of piperidine rings is 1. The Morgan fingerprint density at radius 1 is 1.12 bits per heavy atom. The fraction of sp³-hybridized carbons (Fsp3) is 0.500. The Hall–Kier alpha value is -1.74. The van der Waals surface area contributed by atoms with Gasteiger partial charge < -0.3 is 20.1 Å². The van der Waals surface area contributed by atoms with Crippen molar-refractivity contribution in [3.05, 3.63) is 18.2 Å². The predicted octanol–water partition coefficient (Wildman–Crippen LogP) is 3.25. The third kappa shape index (κ3) is 6.04. The molecule has 0 aromatic heterocycles. The van der Waals surface area contributed by atoms with Gasteiger partial charge in [-0.15, -0.1) is 12.4 Å². The number of hydrogen-bond donors (Lipinski definition) is 2. The van der Waals surface area contributed by atoms with Crippen molar-refractivity contribution in [2.24, 2.45) is 5.92 Å². The van der Waals surface area contributed by atoms with E-state index < -0.39 is 19.0 Å². The molecule has 1 saturated heterocycles. The normalized spacial score (nSPS) is 15.1. The summed E-state index contributed by atoms with van der Waals surface area (Å²) in [5, 5.41) is 5.60. The van der Waals surface area contributed by atoms with Gasteiger partial charge in [0.25, 0.3) is 0 Å². The highest BCUT2D eigenvalue weighted by Crippen LogP contribution is 2.32. The van der Waals surface area contributed by atoms with Crippen molar-refractivity contribution in [3.63, 3.8) is 0 Å². The number of halogens is 5. The molecule has 1 fully saturated rings. The number of ether oxygens (including phenoxy) is 2. The van der Waals surface area contributed by atoms with Crippen molar-refractivity contribution < 1.29 is 31.8 Å². The van der Waals surface area contributed by atoms with E-state index >= 15 is 0 Å². The van der Waals surface area contributed by atoms with E-state index in [-0.39, 0.29) is 35.7 Å². The Balaban J connectivity index is 0.00000288. The van der Waals surface area contributed by atoms with Crippen molar-refractivity contribution in [1.82, 2.24) is 5.32 Å². The number of carbonyl (C=O) groups is 1. The highest BCUT2D eigenvalue weighted by molar-refractivity contribution is 5.94. The van der Waals surface area contributed by atoms with Gasteiger partial charge in [-0.3, -0.25) is 4.79 Å². The lowest BCUT2D eigenvalue weighted by Crippen LogP contribution is -2.34. The Morgan fingerprint density at radius 3 is 2.33 bits per heavy atom. The zero-order valence-corrected chi connectivity index (χ0v) is 13.3. The smallest absolute Gasteiger partial charge is 0.387 e. The van der Waals surface area contributed by atoms with Crippen LogP contribution in [-0.2, 0) is 4.79 Å². The molecule has 1 aromatic rings. The van der Waals surface area contributed by atoms with Gasteiger partial charge >= 0.3 is 13.2 Å². The van der Waals surface area contributed by atoms with Crippen LogP contribution in [0.4, 0.5) is 23.2 Å². The number of anilines is 1. The summed E-state index contributed by atoms with van der Waals surface area (Å²) in [5.74, 6) is -1.34. The second-order valence-electron chi connectivity index (χ2n) is 4.93. The van der Waals surface area contributed by atoms with Crippen LogP contribution in [-0.4, -0.2) is 32.2 Å². The van der Waals surface area contributed by atoms with Gasteiger partial charge in [-0.05, 0) is 38.1 Å². The van der Waals surface area contributed by atoms with E-state index in [1.54, 1.807) is 0 Å². The molecule has 10 heteroatoms. The number of nitrogens with one attached hydrogen (secondary N) is 2. The Bertz CT molecular complexity index is 543. The first-order chi connectivity index (χ1) is 11.0. The molecule has 136 valence electrons. The van der Waals surface area contributed by atoms with E-state index in [9.17, 15) is 22.4 Å². The minimum absolute atomic E-state index is 0. The number of hydrogen-bond acceptors (Lipinski definition) is 4. The second kappa shape index (κ2) is 9.53. The minimum Gasteiger partial charge on any atom is -0.435 e. The molecule has 0 unspecified atom stereocenters. The zero-order valence-electron chi connectivity index (χ0n) is 12.4. The fourth-order valence-electron chi connectivity index (χ4n) is 2.29. The van der Waals surface area contributed by atoms with Gasteiger partial charge in [0.1, 0.15) is 5.75 Å². The lowest BCUT2D eigenvalue weighted by atomic mass is 9.97. The number of amides is 1. The molecule has 0 radical (unpaired) electrons. The number of benzene rings is 1. The number of rotatable bonds is 6. The van der Waals surface area contributed by atoms with Crippen LogP contribution in [0.3, 0.4) is 0 Å². The summed E-state index contributed by atoms with van der Waals surface area (Å²) in [5.41, 5.74) is -0.0181. The summed E-state index contributed by atoms with van der Waals surface area (Å²) in [7, 11) is 0. The first-order valence-corrected chi connectivity index (χ1v) is 7.01. The van der Waals surface area contributed by atoms with Crippen molar-refractivity contribution in [1.29, 1.82) is 0 Å². The van der Waals surface area contributed by atoms with Crippen LogP contribution in [0.1, 0.15) is 12.8 Å². The van der Waals surface area contributed by atoms with Crippen LogP contribution in [0.5, 0.6) is 11.5 Å². The van der Waals surface area contributed by atoms with Crippen molar-refractivity contribution in [2.75, 3.05) is 18.4 Å². The van der Waals surface area contributed by atoms with Gasteiger partial charge in [0.15, 0.2) is 5.75 Å². The number of carbonyl (C=O) groups excluding carboxylic acids is 1. The Morgan fingerprint density at radius 2 is 1.75 bits per heavy atom. The lowest BCUT2D eigenvalue weighted by Gasteiger charge is -2.22. The van der Waals surface area contributed by atoms with Gasteiger partial charge in [0.05, 0.1) is 5.69 Å². The predicted molar refractivity (Wildman–Crippen MR) is 81.2 cm³/mol. The standard InChI is InChI=1S/C14H16F4N2O3.ClH/c15-13(16)22-9-1-2-10(11(7-9)23-14(17)18)20-12(21)8-3-5-19-6-4-8;/h1-2,7-8,13-14,19H,3-6H2,(H,20,21);1H. The molecule has 0 saturated carbocycles. The molecule has 2 rings (SSSR count).